The van der Waals surface area contributed by atoms with E-state index in [1.807, 2.05) is 11.9 Å². The Hall–Kier alpha value is -1.60. The van der Waals surface area contributed by atoms with Gasteiger partial charge in [-0.25, -0.2) is 0 Å². The summed E-state index contributed by atoms with van der Waals surface area (Å²) in [7, 11) is 3.61. The van der Waals surface area contributed by atoms with Crippen LogP contribution in [0.25, 0.3) is 0 Å². The number of halogens is 1. The Morgan fingerprint density at radius 3 is 2.73 bits per heavy atom. The smallest absolute Gasteiger partial charge is 0.313 e. The zero-order valence-electron chi connectivity index (χ0n) is 12.6. The van der Waals surface area contributed by atoms with Crippen molar-refractivity contribution in [3.63, 3.8) is 0 Å². The van der Waals surface area contributed by atoms with Gasteiger partial charge in [-0.15, -0.1) is 0 Å². The third-order valence-corrected chi connectivity index (χ3v) is 5.08. The van der Waals surface area contributed by atoms with E-state index in [1.165, 1.54) is 4.68 Å². The van der Waals surface area contributed by atoms with E-state index in [0.29, 0.717) is 18.1 Å². The Labute approximate surface area is 133 Å². The van der Waals surface area contributed by atoms with Crippen LogP contribution in [0, 0.1) is 11.3 Å². The molecule has 2 atom stereocenters. The molecule has 0 aliphatic carbocycles. The number of aryl methyl sites for hydroxylation is 1. The number of carboxylic acid groups (broad SMARTS) is 1. The highest BCUT2D eigenvalue weighted by Gasteiger charge is 2.55. The van der Waals surface area contributed by atoms with Crippen LogP contribution >= 0.6 is 11.6 Å². The molecule has 8 heteroatoms. The fraction of sp³-hybridized carbons (Fsp3) is 0.643. The highest BCUT2D eigenvalue weighted by Crippen LogP contribution is 2.42. The lowest BCUT2D eigenvalue weighted by Crippen LogP contribution is -2.52. The number of hydrogen-bond acceptors (Lipinski definition) is 4. The first kappa shape index (κ1) is 15.3. The number of carbonyl (C=O) groups is 2. The van der Waals surface area contributed by atoms with Crippen LogP contribution in [0.1, 0.15) is 16.9 Å². The van der Waals surface area contributed by atoms with E-state index in [-0.39, 0.29) is 24.1 Å². The van der Waals surface area contributed by atoms with Crippen molar-refractivity contribution in [2.45, 2.75) is 6.42 Å². The molecule has 3 rings (SSSR count). The topological polar surface area (TPSA) is 78.7 Å². The van der Waals surface area contributed by atoms with E-state index in [2.05, 4.69) is 5.10 Å². The van der Waals surface area contributed by atoms with Gasteiger partial charge in [-0.3, -0.25) is 14.3 Å². The molecular formula is C14H19ClN4O3. The minimum absolute atomic E-state index is 0.0207. The van der Waals surface area contributed by atoms with E-state index in [4.69, 9.17) is 11.6 Å². The summed E-state index contributed by atoms with van der Waals surface area (Å²) in [4.78, 5) is 28.1. The number of likely N-dealkylation sites (tertiary alicyclic amines) is 2. The molecule has 22 heavy (non-hydrogen) atoms. The summed E-state index contributed by atoms with van der Waals surface area (Å²) in [5, 5.41) is 14.1. The van der Waals surface area contributed by atoms with Crippen molar-refractivity contribution < 1.29 is 14.7 Å². The second-order valence-corrected chi connectivity index (χ2v) is 6.78. The number of rotatable bonds is 2. The molecule has 0 bridgehead atoms. The second-order valence-electron chi connectivity index (χ2n) is 6.37. The molecule has 2 aliphatic rings. The van der Waals surface area contributed by atoms with Gasteiger partial charge in [0.05, 0.1) is 5.02 Å². The first-order valence-corrected chi connectivity index (χ1v) is 7.61. The van der Waals surface area contributed by atoms with Crippen molar-refractivity contribution in [3.05, 3.63) is 16.9 Å². The van der Waals surface area contributed by atoms with Crippen LogP contribution in [0.4, 0.5) is 0 Å². The monoisotopic (exact) mass is 326 g/mol. The lowest BCUT2D eigenvalue weighted by molar-refractivity contribution is -0.153. The lowest BCUT2D eigenvalue weighted by Gasteiger charge is -2.39. The molecule has 1 amide bonds. The number of amides is 1. The second kappa shape index (κ2) is 5.24. The molecule has 120 valence electrons. The molecule has 3 heterocycles. The first-order chi connectivity index (χ1) is 10.3. The summed E-state index contributed by atoms with van der Waals surface area (Å²) >= 11 is 6.04. The quantitative estimate of drug-likeness (QED) is 0.858. The Kier molecular flexibility index (Phi) is 3.65. The van der Waals surface area contributed by atoms with Crippen LogP contribution in [0.5, 0.6) is 0 Å². The normalized spacial score (nSPS) is 28.7. The van der Waals surface area contributed by atoms with Crippen molar-refractivity contribution in [1.82, 2.24) is 19.6 Å². The molecule has 0 unspecified atom stereocenters. The Balaban J connectivity index is 1.87. The maximum atomic E-state index is 12.6. The molecule has 1 aromatic heterocycles. The molecule has 0 aromatic carbocycles. The zero-order valence-corrected chi connectivity index (χ0v) is 13.4. The van der Waals surface area contributed by atoms with Crippen molar-refractivity contribution in [1.29, 1.82) is 0 Å². The number of aliphatic carboxylic acids is 1. The number of fused-ring (bicyclic) bond motifs is 1. The van der Waals surface area contributed by atoms with Crippen LogP contribution in [0.2, 0.25) is 5.02 Å². The first-order valence-electron chi connectivity index (χ1n) is 7.24. The Bertz CT molecular complexity index is 632. The fourth-order valence-electron chi connectivity index (χ4n) is 3.68. The van der Waals surface area contributed by atoms with Gasteiger partial charge in [0.2, 0.25) is 0 Å². The van der Waals surface area contributed by atoms with Crippen molar-refractivity contribution in [3.8, 4) is 0 Å². The van der Waals surface area contributed by atoms with Crippen molar-refractivity contribution in [2.24, 2.45) is 18.4 Å². The van der Waals surface area contributed by atoms with Crippen LogP contribution in [-0.2, 0) is 11.8 Å². The minimum Gasteiger partial charge on any atom is -0.481 e. The van der Waals surface area contributed by atoms with Crippen LogP contribution in [-0.4, -0.2) is 69.8 Å². The molecule has 1 aromatic rings. The van der Waals surface area contributed by atoms with E-state index in [9.17, 15) is 14.7 Å². The van der Waals surface area contributed by atoms with Gasteiger partial charge in [0.15, 0.2) is 5.69 Å². The standard InChI is InChI=1S/C14H19ClN4O3/c1-17-4-3-9-5-19(8-14(9,7-17)13(21)22)12(20)11-10(15)6-18(2)16-11/h6,9H,3-5,7-8H2,1-2H3,(H,21,22)/t9-,14-/m0/s1. The Morgan fingerprint density at radius 1 is 1.41 bits per heavy atom. The minimum atomic E-state index is -0.885. The largest absolute Gasteiger partial charge is 0.481 e. The number of hydrogen-bond donors (Lipinski definition) is 1. The molecule has 2 aliphatic heterocycles. The third-order valence-electron chi connectivity index (χ3n) is 4.81. The summed E-state index contributed by atoms with van der Waals surface area (Å²) in [6.07, 6.45) is 2.35. The van der Waals surface area contributed by atoms with Crippen LogP contribution in [0.3, 0.4) is 0 Å². The molecule has 0 radical (unpaired) electrons. The highest BCUT2D eigenvalue weighted by molar-refractivity contribution is 6.33. The van der Waals surface area contributed by atoms with Gasteiger partial charge < -0.3 is 14.9 Å². The van der Waals surface area contributed by atoms with E-state index in [0.717, 1.165) is 13.0 Å². The summed E-state index contributed by atoms with van der Waals surface area (Å²) in [5.41, 5.74) is -0.694. The molecule has 2 saturated heterocycles. The number of carboxylic acids is 1. The fourth-order valence-corrected chi connectivity index (χ4v) is 3.94. The van der Waals surface area contributed by atoms with Gasteiger partial charge in [0.25, 0.3) is 5.91 Å². The lowest BCUT2D eigenvalue weighted by atomic mass is 9.73. The van der Waals surface area contributed by atoms with E-state index in [1.54, 1.807) is 18.1 Å². The Morgan fingerprint density at radius 2 is 2.14 bits per heavy atom. The predicted molar refractivity (Wildman–Crippen MR) is 79.8 cm³/mol. The maximum absolute atomic E-state index is 12.6. The SMILES string of the molecule is CN1CC[C@H]2CN(C(=O)c3nn(C)cc3Cl)C[C@@]2(C(=O)O)C1. The average molecular weight is 327 g/mol. The van der Waals surface area contributed by atoms with Crippen molar-refractivity contribution in [2.75, 3.05) is 33.2 Å². The molecule has 7 nitrogen and oxygen atoms in total. The summed E-state index contributed by atoms with van der Waals surface area (Å²) in [5.74, 6) is -1.14. The van der Waals surface area contributed by atoms with Crippen LogP contribution < -0.4 is 0 Å². The molecule has 1 N–H and O–H groups in total. The maximum Gasteiger partial charge on any atom is 0.313 e. The van der Waals surface area contributed by atoms with Gasteiger partial charge in [0, 0.05) is 32.9 Å². The van der Waals surface area contributed by atoms with E-state index >= 15 is 0 Å². The number of aromatic nitrogens is 2. The van der Waals surface area contributed by atoms with Gasteiger partial charge in [-0.05, 0) is 25.9 Å². The van der Waals surface area contributed by atoms with Gasteiger partial charge in [0.1, 0.15) is 5.41 Å². The zero-order chi connectivity index (χ0) is 16.1. The number of carbonyl (C=O) groups excluding carboxylic acids is 1. The molecule has 0 saturated carbocycles. The number of nitrogens with zero attached hydrogens (tertiary/aromatic N) is 4. The molecular weight excluding hydrogens is 308 g/mol. The average Bonchev–Trinajstić information content (AvgIpc) is 2.98. The molecule has 2 fully saturated rings. The predicted octanol–water partition coefficient (Wildman–Crippen LogP) is 0.552. The van der Waals surface area contributed by atoms with E-state index < -0.39 is 11.4 Å². The highest BCUT2D eigenvalue weighted by atomic mass is 35.5. The summed E-state index contributed by atoms with van der Waals surface area (Å²) < 4.78 is 1.49. The van der Waals surface area contributed by atoms with Crippen LogP contribution in [0.15, 0.2) is 6.20 Å². The summed E-state index contributed by atoms with van der Waals surface area (Å²) in [6.45, 7) is 1.98. The third kappa shape index (κ3) is 2.28. The molecule has 0 spiro atoms. The van der Waals surface area contributed by atoms with Gasteiger partial charge >= 0.3 is 5.97 Å². The van der Waals surface area contributed by atoms with Crippen molar-refractivity contribution >= 4 is 23.5 Å². The summed E-state index contributed by atoms with van der Waals surface area (Å²) in [6, 6.07) is 0. The number of piperidine rings is 1. The van der Waals surface area contributed by atoms with Gasteiger partial charge in [-0.2, -0.15) is 5.10 Å². The van der Waals surface area contributed by atoms with Gasteiger partial charge in [-0.1, -0.05) is 11.6 Å².